The van der Waals surface area contributed by atoms with Gasteiger partial charge in [0.2, 0.25) is 6.08 Å². The van der Waals surface area contributed by atoms with Gasteiger partial charge in [-0.15, -0.1) is 0 Å². The van der Waals surface area contributed by atoms with Crippen LogP contribution >= 0.6 is 11.6 Å². The first-order chi connectivity index (χ1) is 11.6. The number of allylic oxidation sites excluding steroid dienone is 4. The summed E-state index contributed by atoms with van der Waals surface area (Å²) in [6.45, 7) is 2.08. The minimum Gasteiger partial charge on any atom is -0.466 e. The van der Waals surface area contributed by atoms with E-state index in [4.69, 9.17) is 16.3 Å². The molecule has 24 heavy (non-hydrogen) atoms. The normalized spacial score (nSPS) is 17.6. The summed E-state index contributed by atoms with van der Waals surface area (Å²) in [5, 5.41) is 0.707. The van der Waals surface area contributed by atoms with Gasteiger partial charge in [-0.2, -0.15) is 0 Å². The van der Waals surface area contributed by atoms with E-state index in [2.05, 4.69) is 17.1 Å². The lowest BCUT2D eigenvalue weighted by Crippen LogP contribution is -2.18. The topological polar surface area (TPSA) is 55.7 Å². The molecule has 1 aromatic carbocycles. The van der Waals surface area contributed by atoms with Gasteiger partial charge in [-0.25, -0.2) is 9.79 Å². The van der Waals surface area contributed by atoms with Gasteiger partial charge < -0.3 is 4.74 Å². The van der Waals surface area contributed by atoms with Crippen LogP contribution in [0.3, 0.4) is 0 Å². The van der Waals surface area contributed by atoms with E-state index in [1.807, 2.05) is 30.3 Å². The second-order valence-electron chi connectivity index (χ2n) is 5.64. The molecule has 0 spiro atoms. The number of nitrogens with zero attached hydrogens (tertiary/aromatic N) is 1. The van der Waals surface area contributed by atoms with Crippen LogP contribution in [0.4, 0.5) is 0 Å². The number of rotatable bonds is 7. The standard InChI is InChI=1S/C19H20ClNO3/c1-2-24-19(23)12-18(21-13-22)10-14-6-8-15(9-7-14)16-4-3-5-17(20)11-16/h3-6,8-9,11,14,18H,2,7,10,12H2,1H3. The van der Waals surface area contributed by atoms with Crippen molar-refractivity contribution in [3.63, 3.8) is 0 Å². The highest BCUT2D eigenvalue weighted by molar-refractivity contribution is 6.30. The molecule has 1 aliphatic rings. The number of carbonyl (C=O) groups is 1. The number of benzene rings is 1. The van der Waals surface area contributed by atoms with Crippen molar-refractivity contribution >= 4 is 29.2 Å². The molecule has 0 fully saturated rings. The number of halogens is 1. The Morgan fingerprint density at radius 3 is 2.96 bits per heavy atom. The third kappa shape index (κ3) is 5.48. The number of aliphatic imine (C=N–C) groups is 1. The average molecular weight is 346 g/mol. The van der Waals surface area contributed by atoms with Crippen molar-refractivity contribution in [1.29, 1.82) is 0 Å². The molecule has 2 unspecified atom stereocenters. The first-order valence-corrected chi connectivity index (χ1v) is 8.37. The van der Waals surface area contributed by atoms with Crippen molar-refractivity contribution < 1.29 is 14.3 Å². The summed E-state index contributed by atoms with van der Waals surface area (Å²) in [4.78, 5) is 25.9. The molecule has 4 nitrogen and oxygen atoms in total. The lowest BCUT2D eigenvalue weighted by molar-refractivity contribution is -0.143. The van der Waals surface area contributed by atoms with E-state index in [1.165, 1.54) is 0 Å². The van der Waals surface area contributed by atoms with Crippen LogP contribution in [0, 0.1) is 5.92 Å². The molecular weight excluding hydrogens is 326 g/mol. The highest BCUT2D eigenvalue weighted by Crippen LogP contribution is 2.28. The second-order valence-corrected chi connectivity index (χ2v) is 6.08. The van der Waals surface area contributed by atoms with E-state index >= 15 is 0 Å². The molecule has 0 aliphatic heterocycles. The van der Waals surface area contributed by atoms with Gasteiger partial charge in [0.25, 0.3) is 0 Å². The molecule has 0 bridgehead atoms. The minimum absolute atomic E-state index is 0.109. The summed E-state index contributed by atoms with van der Waals surface area (Å²) in [7, 11) is 0. The Morgan fingerprint density at radius 2 is 2.33 bits per heavy atom. The van der Waals surface area contributed by atoms with Gasteiger partial charge in [-0.05, 0) is 49.0 Å². The van der Waals surface area contributed by atoms with Crippen molar-refractivity contribution in [3.8, 4) is 0 Å². The number of carbonyl (C=O) groups excluding carboxylic acids is 2. The summed E-state index contributed by atoms with van der Waals surface area (Å²) < 4.78 is 4.92. The Labute approximate surface area is 146 Å². The Morgan fingerprint density at radius 1 is 1.50 bits per heavy atom. The predicted molar refractivity (Wildman–Crippen MR) is 94.5 cm³/mol. The first kappa shape index (κ1) is 18.2. The average Bonchev–Trinajstić information content (AvgIpc) is 2.56. The van der Waals surface area contributed by atoms with Crippen molar-refractivity contribution in [2.75, 3.05) is 6.61 Å². The van der Waals surface area contributed by atoms with Crippen molar-refractivity contribution in [3.05, 3.63) is 53.1 Å². The molecule has 5 heteroatoms. The molecule has 2 rings (SSSR count). The number of hydrogen-bond donors (Lipinski definition) is 0. The summed E-state index contributed by atoms with van der Waals surface area (Å²) in [5.41, 5.74) is 2.20. The summed E-state index contributed by atoms with van der Waals surface area (Å²) in [6.07, 6.45) is 9.39. The van der Waals surface area contributed by atoms with Gasteiger partial charge in [0.15, 0.2) is 0 Å². The fourth-order valence-corrected chi connectivity index (χ4v) is 2.93. The van der Waals surface area contributed by atoms with Crippen LogP contribution in [0.2, 0.25) is 5.02 Å². The highest BCUT2D eigenvalue weighted by atomic mass is 35.5. The molecule has 0 amide bonds. The SMILES string of the molecule is CCOC(=O)CC(CC1C=CC(c2cccc(Cl)c2)=CC1)N=C=O. The monoisotopic (exact) mass is 345 g/mol. The molecule has 2 atom stereocenters. The van der Waals surface area contributed by atoms with Crippen LogP contribution in [0.25, 0.3) is 5.57 Å². The van der Waals surface area contributed by atoms with Crippen LogP contribution in [0.15, 0.2) is 47.5 Å². The van der Waals surface area contributed by atoms with Gasteiger partial charge in [0.05, 0.1) is 19.1 Å². The summed E-state index contributed by atoms with van der Waals surface area (Å²) >= 11 is 6.03. The maximum Gasteiger partial charge on any atom is 0.307 e. The van der Waals surface area contributed by atoms with Crippen LogP contribution in [0.1, 0.15) is 31.7 Å². The Kier molecular flexibility index (Phi) is 6.98. The van der Waals surface area contributed by atoms with Crippen LogP contribution in [0.5, 0.6) is 0 Å². The molecular formula is C19H20ClNO3. The van der Waals surface area contributed by atoms with Crippen molar-refractivity contribution in [2.45, 2.75) is 32.2 Å². The number of ether oxygens (including phenoxy) is 1. The minimum atomic E-state index is -0.391. The maximum atomic E-state index is 11.6. The van der Waals surface area contributed by atoms with E-state index in [0.29, 0.717) is 18.1 Å². The quantitative estimate of drug-likeness (QED) is 0.419. The molecule has 0 aromatic heterocycles. The van der Waals surface area contributed by atoms with E-state index < -0.39 is 6.04 Å². The van der Waals surface area contributed by atoms with Crippen LogP contribution in [-0.2, 0) is 14.3 Å². The Hall–Kier alpha value is -2.16. The second kappa shape index (κ2) is 9.21. The maximum absolute atomic E-state index is 11.6. The van der Waals surface area contributed by atoms with Gasteiger partial charge in [-0.1, -0.05) is 42.0 Å². The van der Waals surface area contributed by atoms with Gasteiger partial charge >= 0.3 is 5.97 Å². The molecule has 0 radical (unpaired) electrons. The van der Waals surface area contributed by atoms with E-state index in [1.54, 1.807) is 13.0 Å². The number of hydrogen-bond acceptors (Lipinski definition) is 4. The summed E-state index contributed by atoms with van der Waals surface area (Å²) in [6, 6.07) is 7.32. The fraction of sp³-hybridized carbons (Fsp3) is 0.368. The lowest BCUT2D eigenvalue weighted by atomic mass is 9.88. The molecule has 126 valence electrons. The fourth-order valence-electron chi connectivity index (χ4n) is 2.74. The molecule has 1 aromatic rings. The predicted octanol–water partition coefficient (Wildman–Crippen LogP) is 4.35. The third-order valence-electron chi connectivity index (χ3n) is 3.86. The van der Waals surface area contributed by atoms with E-state index in [9.17, 15) is 9.59 Å². The number of isocyanates is 1. The van der Waals surface area contributed by atoms with Crippen LogP contribution < -0.4 is 0 Å². The van der Waals surface area contributed by atoms with E-state index in [0.717, 1.165) is 17.6 Å². The Balaban J connectivity index is 1.96. The number of esters is 1. The van der Waals surface area contributed by atoms with Crippen molar-refractivity contribution in [2.24, 2.45) is 10.9 Å². The zero-order valence-electron chi connectivity index (χ0n) is 13.6. The molecule has 0 saturated heterocycles. The zero-order chi connectivity index (χ0) is 17.4. The van der Waals surface area contributed by atoms with Gasteiger partial charge in [-0.3, -0.25) is 4.79 Å². The van der Waals surface area contributed by atoms with E-state index in [-0.39, 0.29) is 18.3 Å². The van der Waals surface area contributed by atoms with Crippen LogP contribution in [-0.4, -0.2) is 24.7 Å². The molecule has 1 aliphatic carbocycles. The van der Waals surface area contributed by atoms with Gasteiger partial charge in [0, 0.05) is 5.02 Å². The Bertz CT molecular complexity index is 690. The lowest BCUT2D eigenvalue weighted by Gasteiger charge is -2.19. The zero-order valence-corrected chi connectivity index (χ0v) is 14.3. The van der Waals surface area contributed by atoms with Gasteiger partial charge in [0.1, 0.15) is 0 Å². The molecule has 0 N–H and O–H groups in total. The summed E-state index contributed by atoms with van der Waals surface area (Å²) in [5.74, 6) is -0.110. The smallest absolute Gasteiger partial charge is 0.307 e. The first-order valence-electron chi connectivity index (χ1n) is 7.99. The van der Waals surface area contributed by atoms with Crippen molar-refractivity contribution in [1.82, 2.24) is 0 Å². The largest absolute Gasteiger partial charge is 0.466 e. The molecule has 0 heterocycles. The highest BCUT2D eigenvalue weighted by Gasteiger charge is 2.19. The third-order valence-corrected chi connectivity index (χ3v) is 4.10. The molecule has 0 saturated carbocycles.